The van der Waals surface area contributed by atoms with Gasteiger partial charge in [0, 0.05) is 29.5 Å². The molecule has 8 atom stereocenters. The summed E-state index contributed by atoms with van der Waals surface area (Å²) in [6.07, 6.45) is 8.94. The van der Waals surface area contributed by atoms with Crippen LogP contribution in [0.25, 0.3) is 10.2 Å². The molecule has 11 heteroatoms. The summed E-state index contributed by atoms with van der Waals surface area (Å²) in [4.78, 5) is 28.7. The number of carbonyl (C=O) groups excluding carboxylic acids is 2. The van der Waals surface area contributed by atoms with Crippen molar-refractivity contribution in [3.8, 4) is 0 Å². The molecule has 230 valence electrons. The number of nitrogens with zero attached hydrogens (tertiary/aromatic N) is 2. The number of aliphatic hydroxyl groups is 2. The Bertz CT molecular complexity index is 1480. The largest absolute Gasteiger partial charge is 0.462 e. The van der Waals surface area contributed by atoms with Gasteiger partial charge in [0.25, 0.3) is 0 Å². The molecule has 43 heavy (non-hydrogen) atoms. The fourth-order valence-electron chi connectivity index (χ4n) is 9.78. The first kappa shape index (κ1) is 29.4. The summed E-state index contributed by atoms with van der Waals surface area (Å²) in [5.41, 5.74) is 1.88. The Labute approximate surface area is 263 Å². The number of fused-ring (bicyclic) bond motifs is 6. The van der Waals surface area contributed by atoms with Crippen LogP contribution in [0, 0.1) is 28.6 Å². The highest BCUT2D eigenvalue weighted by Gasteiger charge is 2.71. The number of nitrogens with one attached hydrogen (secondary N) is 1. The van der Waals surface area contributed by atoms with Crippen LogP contribution in [0.3, 0.4) is 0 Å². The average molecular weight is 673 g/mol. The number of anilines is 1. The lowest BCUT2D eigenvalue weighted by Crippen LogP contribution is -2.69. The lowest BCUT2D eigenvalue weighted by Gasteiger charge is -2.65. The Balaban J connectivity index is 1.22. The van der Waals surface area contributed by atoms with E-state index >= 15 is 0 Å². The van der Waals surface area contributed by atoms with Crippen LogP contribution in [0.15, 0.2) is 41.0 Å². The zero-order valence-electron chi connectivity index (χ0n) is 24.3. The van der Waals surface area contributed by atoms with Gasteiger partial charge in [0.15, 0.2) is 0 Å². The number of rotatable bonds is 6. The van der Waals surface area contributed by atoms with Gasteiger partial charge in [-0.3, -0.25) is 10.2 Å². The molecule has 4 aliphatic carbocycles. The molecule has 5 aliphatic rings. The number of hydrogen-bond acceptors (Lipinski definition) is 10. The highest BCUT2D eigenvalue weighted by Crippen LogP contribution is 2.70. The SMILES string of the molecule is C[C@]12CC[C@@H]3[C@H](CC[C@@]4(O)C[C@H](OC(=O)CBr)CC[C@]34/C=N\Nc3nc4ccccc4s3)[C@@]1(O)CC[C@H]2C1=CC(=O)OC1. The van der Waals surface area contributed by atoms with Crippen molar-refractivity contribution in [1.82, 2.24) is 4.98 Å². The van der Waals surface area contributed by atoms with Gasteiger partial charge < -0.3 is 19.7 Å². The number of cyclic esters (lactones) is 1. The van der Waals surface area contributed by atoms with Gasteiger partial charge in [-0.05, 0) is 86.8 Å². The van der Waals surface area contributed by atoms with E-state index in [1.807, 2.05) is 30.5 Å². The molecule has 2 heterocycles. The van der Waals surface area contributed by atoms with E-state index in [0.717, 1.165) is 35.1 Å². The van der Waals surface area contributed by atoms with Crippen molar-refractivity contribution in [2.24, 2.45) is 33.7 Å². The van der Waals surface area contributed by atoms with Crippen molar-refractivity contribution in [3.05, 3.63) is 35.9 Å². The van der Waals surface area contributed by atoms with Gasteiger partial charge in [-0.25, -0.2) is 9.78 Å². The Morgan fingerprint density at radius 2 is 2.00 bits per heavy atom. The molecule has 7 rings (SSSR count). The average Bonchev–Trinajstić information content (AvgIpc) is 3.67. The fourth-order valence-corrected chi connectivity index (χ4v) is 10.7. The first-order chi connectivity index (χ1) is 20.6. The van der Waals surface area contributed by atoms with Gasteiger partial charge in [0.2, 0.25) is 5.13 Å². The highest BCUT2D eigenvalue weighted by atomic mass is 79.9. The third kappa shape index (κ3) is 4.51. The molecule has 4 fully saturated rings. The summed E-state index contributed by atoms with van der Waals surface area (Å²) >= 11 is 4.72. The molecular weight excluding hydrogens is 634 g/mol. The predicted molar refractivity (Wildman–Crippen MR) is 167 cm³/mol. The van der Waals surface area contributed by atoms with E-state index in [0.29, 0.717) is 50.3 Å². The zero-order valence-corrected chi connectivity index (χ0v) is 26.7. The summed E-state index contributed by atoms with van der Waals surface area (Å²) in [6.45, 7) is 2.50. The standard InChI is InChI=1S/C32H38BrN3O6S/c1-29-10-7-22-23(32(29,40)13-9-21(29)19-14-26(37)41-17-19)8-12-31(39)15-20(42-27(38)16-33)6-11-30(22,31)18-34-36-28-35-24-4-2-3-5-25(24)43-28/h2-5,14,18,20-23,39-40H,6-13,15-17H2,1H3,(H,35,36)/b34-18-/t20-,21+,22-,23+,29-,30+,31-,32+/m1/s1. The van der Waals surface area contributed by atoms with Crippen molar-refractivity contribution < 1.29 is 29.3 Å². The van der Waals surface area contributed by atoms with E-state index in [2.05, 4.69) is 33.3 Å². The van der Waals surface area contributed by atoms with Crippen molar-refractivity contribution in [3.63, 3.8) is 0 Å². The molecule has 3 N–H and O–H groups in total. The minimum atomic E-state index is -1.14. The monoisotopic (exact) mass is 671 g/mol. The lowest BCUT2D eigenvalue weighted by atomic mass is 9.41. The minimum absolute atomic E-state index is 0.00717. The molecule has 0 radical (unpaired) electrons. The first-order valence-corrected chi connectivity index (χ1v) is 17.3. The van der Waals surface area contributed by atoms with Crippen LogP contribution in [-0.2, 0) is 19.1 Å². The van der Waals surface area contributed by atoms with Gasteiger partial charge in [-0.15, -0.1) is 0 Å². The van der Waals surface area contributed by atoms with Crippen LogP contribution in [0.1, 0.15) is 64.7 Å². The molecule has 9 nitrogen and oxygen atoms in total. The number of alkyl halides is 1. The van der Waals surface area contributed by atoms with E-state index in [9.17, 15) is 19.8 Å². The number of aromatic nitrogens is 1. The van der Waals surface area contributed by atoms with Gasteiger partial charge in [-0.2, -0.15) is 5.10 Å². The van der Waals surface area contributed by atoms with E-state index in [1.165, 1.54) is 11.3 Å². The number of thiazole rings is 1. The number of hydrazone groups is 1. The molecule has 0 unspecified atom stereocenters. The van der Waals surface area contributed by atoms with Crippen molar-refractivity contribution >= 4 is 60.8 Å². The maximum absolute atomic E-state index is 12.7. The van der Waals surface area contributed by atoms with Crippen LogP contribution in [-0.4, -0.2) is 62.6 Å². The van der Waals surface area contributed by atoms with E-state index in [-0.39, 0.29) is 46.5 Å². The fraction of sp³-hybridized carbons (Fsp3) is 0.625. The molecule has 0 amide bonds. The third-order valence-corrected chi connectivity index (χ3v) is 13.2. The topological polar surface area (TPSA) is 130 Å². The minimum Gasteiger partial charge on any atom is -0.462 e. The van der Waals surface area contributed by atoms with E-state index < -0.39 is 16.6 Å². The maximum atomic E-state index is 12.7. The Morgan fingerprint density at radius 3 is 2.77 bits per heavy atom. The number of halogens is 1. The maximum Gasteiger partial charge on any atom is 0.331 e. The Morgan fingerprint density at radius 1 is 1.19 bits per heavy atom. The second-order valence-electron chi connectivity index (χ2n) is 13.5. The Kier molecular flexibility index (Phi) is 7.26. The van der Waals surface area contributed by atoms with Gasteiger partial charge in [0.1, 0.15) is 18.0 Å². The van der Waals surface area contributed by atoms with Gasteiger partial charge >= 0.3 is 11.9 Å². The van der Waals surface area contributed by atoms with Gasteiger partial charge in [0.05, 0.1) is 21.4 Å². The van der Waals surface area contributed by atoms with E-state index in [4.69, 9.17) is 14.6 Å². The van der Waals surface area contributed by atoms with Crippen LogP contribution in [0.5, 0.6) is 0 Å². The summed E-state index contributed by atoms with van der Waals surface area (Å²) in [7, 11) is 0. The summed E-state index contributed by atoms with van der Waals surface area (Å²) in [5.74, 6) is -0.573. The van der Waals surface area contributed by atoms with Crippen LogP contribution < -0.4 is 5.43 Å². The quantitative estimate of drug-likeness (QED) is 0.162. The molecule has 1 aromatic heterocycles. The molecule has 0 bridgehead atoms. The van der Waals surface area contributed by atoms with Crippen molar-refractivity contribution in [1.29, 1.82) is 0 Å². The number of para-hydroxylation sites is 1. The number of hydrogen-bond donors (Lipinski definition) is 3. The Hall–Kier alpha value is -2.34. The third-order valence-electron chi connectivity index (χ3n) is 11.8. The van der Waals surface area contributed by atoms with Crippen LogP contribution in [0.4, 0.5) is 5.13 Å². The second-order valence-corrected chi connectivity index (χ2v) is 15.1. The van der Waals surface area contributed by atoms with Crippen molar-refractivity contribution in [2.75, 3.05) is 17.4 Å². The molecular formula is C32H38BrN3O6S. The number of esters is 2. The van der Waals surface area contributed by atoms with E-state index in [1.54, 1.807) is 6.08 Å². The number of benzene rings is 1. The van der Waals surface area contributed by atoms with Crippen LogP contribution in [0.2, 0.25) is 0 Å². The highest BCUT2D eigenvalue weighted by molar-refractivity contribution is 9.09. The molecule has 1 aromatic carbocycles. The molecule has 0 spiro atoms. The molecule has 2 aromatic rings. The predicted octanol–water partition coefficient (Wildman–Crippen LogP) is 5.35. The van der Waals surface area contributed by atoms with Crippen molar-refractivity contribution in [2.45, 2.75) is 82.0 Å². The molecule has 1 aliphatic heterocycles. The second kappa shape index (κ2) is 10.6. The zero-order chi connectivity index (χ0) is 30.0. The molecule has 0 saturated heterocycles. The smallest absolute Gasteiger partial charge is 0.331 e. The number of ether oxygens (including phenoxy) is 2. The van der Waals surface area contributed by atoms with Gasteiger partial charge in [-0.1, -0.05) is 46.3 Å². The molecule has 4 saturated carbocycles. The summed E-state index contributed by atoms with van der Waals surface area (Å²) in [5, 5.41) is 30.7. The summed E-state index contributed by atoms with van der Waals surface area (Å²) < 4.78 is 12.1. The number of carbonyl (C=O) groups is 2. The normalized spacial score (nSPS) is 40.5. The lowest BCUT2D eigenvalue weighted by molar-refractivity contribution is -0.238. The summed E-state index contributed by atoms with van der Waals surface area (Å²) in [6, 6.07) is 7.94. The first-order valence-electron chi connectivity index (χ1n) is 15.3. The van der Waals surface area contributed by atoms with Crippen LogP contribution >= 0.6 is 27.3 Å².